The Balaban J connectivity index is 1.89. The first-order chi connectivity index (χ1) is 8.66. The third-order valence-electron chi connectivity index (χ3n) is 2.27. The summed E-state index contributed by atoms with van der Waals surface area (Å²) in [5.41, 5.74) is 0.384. The van der Waals surface area contributed by atoms with Crippen molar-refractivity contribution >= 4 is 29.1 Å². The Bertz CT molecular complexity index is 542. The lowest BCUT2D eigenvalue weighted by atomic mass is 10.2. The fourth-order valence-electron chi connectivity index (χ4n) is 1.36. The molecule has 18 heavy (non-hydrogen) atoms. The van der Waals surface area contributed by atoms with Crippen molar-refractivity contribution in [2.75, 3.05) is 6.54 Å². The number of aromatic nitrogens is 3. The maximum Gasteiger partial charge on any atom is 0.252 e. The molecule has 0 bridgehead atoms. The second-order valence-electron chi connectivity index (χ2n) is 3.55. The monoisotopic (exact) mass is 284 g/mol. The number of amides is 1. The van der Waals surface area contributed by atoms with Crippen molar-refractivity contribution in [2.45, 2.75) is 6.54 Å². The summed E-state index contributed by atoms with van der Waals surface area (Å²) in [6, 6.07) is 1.49. The average Bonchev–Trinajstić information content (AvgIpc) is 2.85. The molecule has 2 rings (SSSR count). The number of carbonyl (C=O) groups is 1. The van der Waals surface area contributed by atoms with Crippen LogP contribution in [0.25, 0.3) is 0 Å². The predicted molar refractivity (Wildman–Crippen MR) is 68.8 cm³/mol. The van der Waals surface area contributed by atoms with Crippen LogP contribution >= 0.6 is 23.2 Å². The molecule has 0 aliphatic carbocycles. The molecule has 0 fully saturated rings. The van der Waals surface area contributed by atoms with Crippen LogP contribution in [0.5, 0.6) is 0 Å². The van der Waals surface area contributed by atoms with E-state index in [2.05, 4.69) is 15.3 Å². The molecular weight excluding hydrogens is 275 g/mol. The minimum absolute atomic E-state index is 0.187. The van der Waals surface area contributed by atoms with Crippen LogP contribution in [0.15, 0.2) is 31.0 Å². The van der Waals surface area contributed by atoms with Crippen LogP contribution in [0.4, 0.5) is 0 Å². The van der Waals surface area contributed by atoms with Gasteiger partial charge in [-0.3, -0.25) is 4.79 Å². The van der Waals surface area contributed by atoms with Gasteiger partial charge in [0, 0.05) is 31.7 Å². The van der Waals surface area contributed by atoms with Crippen molar-refractivity contribution in [1.82, 2.24) is 19.9 Å². The molecule has 0 aliphatic heterocycles. The molecule has 0 radical (unpaired) electrons. The summed E-state index contributed by atoms with van der Waals surface area (Å²) in [7, 11) is 0. The number of nitrogens with zero attached hydrogens (tertiary/aromatic N) is 3. The Morgan fingerprint density at radius 1 is 1.44 bits per heavy atom. The van der Waals surface area contributed by atoms with E-state index in [0.717, 1.165) is 0 Å². The summed E-state index contributed by atoms with van der Waals surface area (Å²) < 4.78 is 1.87. The highest BCUT2D eigenvalue weighted by Gasteiger charge is 2.08. The minimum atomic E-state index is -0.235. The lowest BCUT2D eigenvalue weighted by molar-refractivity contribution is 0.0952. The molecular formula is C11H10Cl2N4O. The van der Waals surface area contributed by atoms with E-state index in [9.17, 15) is 4.79 Å². The fourth-order valence-corrected chi connectivity index (χ4v) is 1.63. The van der Waals surface area contributed by atoms with E-state index in [1.165, 1.54) is 12.3 Å². The molecule has 0 aliphatic rings. The predicted octanol–water partition coefficient (Wildman–Crippen LogP) is 2.01. The third-order valence-corrected chi connectivity index (χ3v) is 2.96. The summed E-state index contributed by atoms with van der Waals surface area (Å²) in [5.74, 6) is -0.235. The maximum absolute atomic E-state index is 11.8. The number of hydrogen-bond donors (Lipinski definition) is 1. The number of imidazole rings is 1. The van der Waals surface area contributed by atoms with Crippen LogP contribution in [0.3, 0.4) is 0 Å². The first-order valence-corrected chi connectivity index (χ1v) is 5.97. The van der Waals surface area contributed by atoms with Gasteiger partial charge in [0.1, 0.15) is 5.15 Å². The van der Waals surface area contributed by atoms with Gasteiger partial charge in [0.15, 0.2) is 0 Å². The summed E-state index contributed by atoms with van der Waals surface area (Å²) in [6.45, 7) is 1.15. The first kappa shape index (κ1) is 12.9. The molecule has 5 nitrogen and oxygen atoms in total. The van der Waals surface area contributed by atoms with Crippen molar-refractivity contribution < 1.29 is 4.79 Å². The molecule has 2 aromatic rings. The summed E-state index contributed by atoms with van der Waals surface area (Å²) in [5, 5.41) is 3.20. The second-order valence-corrected chi connectivity index (χ2v) is 4.32. The van der Waals surface area contributed by atoms with Crippen LogP contribution in [0.2, 0.25) is 10.2 Å². The van der Waals surface area contributed by atoms with E-state index in [4.69, 9.17) is 23.2 Å². The van der Waals surface area contributed by atoms with Gasteiger partial charge in [0.05, 0.1) is 16.9 Å². The highest BCUT2D eigenvalue weighted by Crippen LogP contribution is 2.19. The van der Waals surface area contributed by atoms with Gasteiger partial charge in [-0.2, -0.15) is 0 Å². The van der Waals surface area contributed by atoms with E-state index < -0.39 is 0 Å². The zero-order chi connectivity index (χ0) is 13.0. The van der Waals surface area contributed by atoms with E-state index in [0.29, 0.717) is 18.7 Å². The van der Waals surface area contributed by atoms with Crippen molar-refractivity contribution in [3.63, 3.8) is 0 Å². The Kier molecular flexibility index (Phi) is 4.17. The van der Waals surface area contributed by atoms with Crippen LogP contribution in [-0.2, 0) is 6.54 Å². The Labute approximate surface area is 114 Å². The third kappa shape index (κ3) is 3.21. The number of nitrogens with one attached hydrogen (secondary N) is 1. The van der Waals surface area contributed by atoms with Crippen LogP contribution in [0.1, 0.15) is 10.4 Å². The van der Waals surface area contributed by atoms with Crippen LogP contribution < -0.4 is 5.32 Å². The van der Waals surface area contributed by atoms with Gasteiger partial charge >= 0.3 is 0 Å². The van der Waals surface area contributed by atoms with Crippen LogP contribution in [0, 0.1) is 0 Å². The molecule has 0 atom stereocenters. The van der Waals surface area contributed by atoms with Gasteiger partial charge in [0.25, 0.3) is 5.91 Å². The molecule has 1 amide bonds. The molecule has 2 heterocycles. The molecule has 0 unspecified atom stereocenters. The molecule has 0 saturated carbocycles. The van der Waals surface area contributed by atoms with Crippen LogP contribution in [-0.4, -0.2) is 27.0 Å². The smallest absolute Gasteiger partial charge is 0.252 e. The molecule has 2 aromatic heterocycles. The number of carbonyl (C=O) groups excluding carboxylic acids is 1. The van der Waals surface area contributed by atoms with Crippen molar-refractivity contribution in [2.24, 2.45) is 0 Å². The largest absolute Gasteiger partial charge is 0.350 e. The minimum Gasteiger partial charge on any atom is -0.350 e. The summed E-state index contributed by atoms with van der Waals surface area (Å²) in [4.78, 5) is 19.5. The normalized spacial score (nSPS) is 10.3. The van der Waals surface area contributed by atoms with Gasteiger partial charge in [0.2, 0.25) is 0 Å². The molecule has 1 N–H and O–H groups in total. The highest BCUT2D eigenvalue weighted by molar-refractivity contribution is 6.41. The SMILES string of the molecule is O=C(NCCn1ccnc1)c1cnc(Cl)c(Cl)c1. The fraction of sp³-hybridized carbons (Fsp3) is 0.182. The molecule has 7 heteroatoms. The van der Waals surface area contributed by atoms with Crippen molar-refractivity contribution in [1.29, 1.82) is 0 Å². The molecule has 0 spiro atoms. The molecule has 0 saturated heterocycles. The quantitative estimate of drug-likeness (QED) is 0.874. The lowest BCUT2D eigenvalue weighted by Gasteiger charge is -2.06. The zero-order valence-corrected chi connectivity index (χ0v) is 10.8. The number of hydrogen-bond acceptors (Lipinski definition) is 3. The van der Waals surface area contributed by atoms with E-state index in [1.54, 1.807) is 12.5 Å². The van der Waals surface area contributed by atoms with E-state index in [1.807, 2.05) is 10.8 Å². The second kappa shape index (κ2) is 5.84. The van der Waals surface area contributed by atoms with E-state index in [-0.39, 0.29) is 16.1 Å². The zero-order valence-electron chi connectivity index (χ0n) is 9.31. The van der Waals surface area contributed by atoms with E-state index >= 15 is 0 Å². The van der Waals surface area contributed by atoms with Gasteiger partial charge < -0.3 is 9.88 Å². The number of halogens is 2. The van der Waals surface area contributed by atoms with Crippen molar-refractivity contribution in [3.05, 3.63) is 46.7 Å². The lowest BCUT2D eigenvalue weighted by Crippen LogP contribution is -2.27. The standard InChI is InChI=1S/C11H10Cl2N4O/c12-9-5-8(6-16-10(9)13)11(18)15-2-4-17-3-1-14-7-17/h1,3,5-7H,2,4H2,(H,15,18). The average molecular weight is 285 g/mol. The number of pyridine rings is 1. The topological polar surface area (TPSA) is 59.8 Å². The molecule has 94 valence electrons. The Morgan fingerprint density at radius 2 is 2.28 bits per heavy atom. The van der Waals surface area contributed by atoms with Gasteiger partial charge in [-0.25, -0.2) is 9.97 Å². The molecule has 0 aromatic carbocycles. The summed E-state index contributed by atoms with van der Waals surface area (Å²) >= 11 is 11.5. The van der Waals surface area contributed by atoms with Gasteiger partial charge in [-0.15, -0.1) is 0 Å². The Hall–Kier alpha value is -1.59. The highest BCUT2D eigenvalue weighted by atomic mass is 35.5. The van der Waals surface area contributed by atoms with Crippen molar-refractivity contribution in [3.8, 4) is 0 Å². The van der Waals surface area contributed by atoms with Gasteiger partial charge in [-0.1, -0.05) is 23.2 Å². The number of rotatable bonds is 4. The summed E-state index contributed by atoms with van der Waals surface area (Å²) in [6.07, 6.45) is 6.59. The Morgan fingerprint density at radius 3 is 2.94 bits per heavy atom. The maximum atomic E-state index is 11.8. The van der Waals surface area contributed by atoms with Gasteiger partial charge in [-0.05, 0) is 6.07 Å². The first-order valence-electron chi connectivity index (χ1n) is 5.22.